The number of piperidine rings is 1. The molecule has 7 heteroatoms. The number of nitrogens with zero attached hydrogens (tertiary/aromatic N) is 1. The third-order valence-electron chi connectivity index (χ3n) is 6.55. The minimum atomic E-state index is -0.704. The van der Waals surface area contributed by atoms with Gasteiger partial charge in [0.05, 0.1) is 12.7 Å². The molecule has 3 amide bonds. The van der Waals surface area contributed by atoms with Crippen LogP contribution in [0.3, 0.4) is 0 Å². The van der Waals surface area contributed by atoms with E-state index in [0.717, 1.165) is 5.56 Å². The lowest BCUT2D eigenvalue weighted by atomic mass is 9.88. The minimum Gasteiger partial charge on any atom is -0.496 e. The summed E-state index contributed by atoms with van der Waals surface area (Å²) in [6.07, 6.45) is 1.19. The van der Waals surface area contributed by atoms with Gasteiger partial charge in [-0.2, -0.15) is 0 Å². The molecule has 0 aromatic heterocycles. The van der Waals surface area contributed by atoms with Crippen LogP contribution in [0.15, 0.2) is 84.9 Å². The first-order valence-electron chi connectivity index (χ1n) is 12.2. The maximum Gasteiger partial charge on any atom is 0.257 e. The van der Waals surface area contributed by atoms with E-state index in [1.807, 2.05) is 48.5 Å². The van der Waals surface area contributed by atoms with Gasteiger partial charge in [0, 0.05) is 25.2 Å². The smallest absolute Gasteiger partial charge is 0.257 e. The van der Waals surface area contributed by atoms with Gasteiger partial charge in [0.1, 0.15) is 11.8 Å². The molecule has 1 aliphatic rings. The minimum absolute atomic E-state index is 0.0932. The van der Waals surface area contributed by atoms with Crippen LogP contribution in [-0.4, -0.2) is 48.9 Å². The number of carbonyl (C=O) groups excluding carboxylic acids is 3. The van der Waals surface area contributed by atoms with Crippen molar-refractivity contribution in [1.29, 1.82) is 0 Å². The second-order valence-electron chi connectivity index (χ2n) is 8.85. The molecule has 1 fully saturated rings. The number of hydrogen-bond donors (Lipinski definition) is 2. The van der Waals surface area contributed by atoms with Crippen molar-refractivity contribution in [2.24, 2.45) is 5.92 Å². The fourth-order valence-electron chi connectivity index (χ4n) is 4.53. The van der Waals surface area contributed by atoms with E-state index >= 15 is 0 Å². The molecule has 0 radical (unpaired) electrons. The summed E-state index contributed by atoms with van der Waals surface area (Å²) in [7, 11) is 1.55. The molecule has 2 N–H and O–H groups in total. The van der Waals surface area contributed by atoms with E-state index in [0.29, 0.717) is 49.4 Å². The molecule has 1 aliphatic heterocycles. The number of para-hydroxylation sites is 1. The summed E-state index contributed by atoms with van der Waals surface area (Å²) in [5.74, 6) is -0.169. The van der Waals surface area contributed by atoms with Gasteiger partial charge in [-0.1, -0.05) is 60.7 Å². The molecule has 4 rings (SSSR count). The summed E-state index contributed by atoms with van der Waals surface area (Å²) in [6, 6.07) is 25.0. The Bertz CT molecular complexity index is 1180. The van der Waals surface area contributed by atoms with E-state index in [-0.39, 0.29) is 23.6 Å². The third kappa shape index (κ3) is 6.10. The van der Waals surface area contributed by atoms with Crippen molar-refractivity contribution in [2.45, 2.75) is 25.4 Å². The number of carbonyl (C=O) groups is 3. The normalized spacial score (nSPS) is 14.5. The van der Waals surface area contributed by atoms with Crippen LogP contribution in [0.2, 0.25) is 0 Å². The van der Waals surface area contributed by atoms with Crippen LogP contribution < -0.4 is 15.4 Å². The van der Waals surface area contributed by atoms with Crippen molar-refractivity contribution in [3.8, 4) is 5.75 Å². The van der Waals surface area contributed by atoms with Crippen LogP contribution >= 0.6 is 0 Å². The highest BCUT2D eigenvalue weighted by Crippen LogP contribution is 2.25. The average Bonchev–Trinajstić information content (AvgIpc) is 2.95. The number of rotatable bonds is 8. The summed E-state index contributed by atoms with van der Waals surface area (Å²) < 4.78 is 5.35. The zero-order chi connectivity index (χ0) is 25.3. The van der Waals surface area contributed by atoms with E-state index in [4.69, 9.17) is 4.74 Å². The Morgan fingerprint density at radius 3 is 2.17 bits per heavy atom. The number of hydrogen-bond acceptors (Lipinski definition) is 4. The third-order valence-corrected chi connectivity index (χ3v) is 6.55. The quantitative estimate of drug-likeness (QED) is 0.510. The number of benzene rings is 3. The number of nitrogens with one attached hydrogen (secondary N) is 2. The fraction of sp³-hybridized carbons (Fsp3) is 0.276. The first kappa shape index (κ1) is 25.0. The predicted molar refractivity (Wildman–Crippen MR) is 138 cm³/mol. The van der Waals surface area contributed by atoms with Gasteiger partial charge in [-0.3, -0.25) is 14.4 Å². The Kier molecular flexibility index (Phi) is 8.34. The highest BCUT2D eigenvalue weighted by Gasteiger charge is 2.34. The number of ether oxygens (including phenoxy) is 1. The van der Waals surface area contributed by atoms with Crippen LogP contribution in [0.4, 0.5) is 0 Å². The Morgan fingerprint density at radius 1 is 0.889 bits per heavy atom. The van der Waals surface area contributed by atoms with Gasteiger partial charge in [-0.25, -0.2) is 0 Å². The Morgan fingerprint density at radius 2 is 1.50 bits per heavy atom. The number of methoxy groups -OCH3 is 1. The van der Waals surface area contributed by atoms with Crippen molar-refractivity contribution >= 4 is 17.7 Å². The molecule has 1 heterocycles. The maximum absolute atomic E-state index is 13.3. The van der Waals surface area contributed by atoms with Crippen molar-refractivity contribution < 1.29 is 19.1 Å². The lowest BCUT2D eigenvalue weighted by molar-refractivity contribution is -0.124. The molecule has 1 unspecified atom stereocenters. The largest absolute Gasteiger partial charge is 0.496 e. The second-order valence-corrected chi connectivity index (χ2v) is 8.85. The Labute approximate surface area is 211 Å². The van der Waals surface area contributed by atoms with Crippen molar-refractivity contribution in [3.05, 3.63) is 102 Å². The van der Waals surface area contributed by atoms with Crippen molar-refractivity contribution in [3.63, 3.8) is 0 Å². The lowest BCUT2D eigenvalue weighted by Gasteiger charge is -2.36. The van der Waals surface area contributed by atoms with Crippen LogP contribution in [0.1, 0.15) is 39.1 Å². The molecule has 3 aromatic carbocycles. The van der Waals surface area contributed by atoms with E-state index in [1.54, 1.807) is 48.4 Å². The molecule has 186 valence electrons. The van der Waals surface area contributed by atoms with Gasteiger partial charge in [0.25, 0.3) is 11.8 Å². The summed E-state index contributed by atoms with van der Waals surface area (Å²) in [6.45, 7) is 1.36. The molecule has 0 saturated carbocycles. The fourth-order valence-corrected chi connectivity index (χ4v) is 4.53. The standard InChI is InChI=1S/C29H31N3O4/c1-36-25-15-9-8-14-24(25)29(35)32-18-16-22(17-19-32)26(31-27(33)23-12-6-3-7-13-23)28(34)30-20-21-10-4-2-5-11-21/h2-15,22,26H,16-20H2,1H3,(H,30,34)(H,31,33). The summed E-state index contributed by atoms with van der Waals surface area (Å²) in [5, 5.41) is 5.94. The van der Waals surface area contributed by atoms with Gasteiger partial charge >= 0.3 is 0 Å². The molecule has 0 spiro atoms. The monoisotopic (exact) mass is 485 g/mol. The van der Waals surface area contributed by atoms with Gasteiger partial charge in [0.2, 0.25) is 5.91 Å². The molecule has 1 atom stereocenters. The number of amides is 3. The van der Waals surface area contributed by atoms with Gasteiger partial charge in [-0.05, 0) is 48.6 Å². The van der Waals surface area contributed by atoms with Crippen LogP contribution in [0.5, 0.6) is 5.75 Å². The molecule has 36 heavy (non-hydrogen) atoms. The SMILES string of the molecule is COc1ccccc1C(=O)N1CCC(C(NC(=O)c2ccccc2)C(=O)NCc2ccccc2)CC1. The lowest BCUT2D eigenvalue weighted by Crippen LogP contribution is -2.53. The van der Waals surface area contributed by atoms with E-state index in [1.165, 1.54) is 0 Å². The Hall–Kier alpha value is -4.13. The molecular formula is C29H31N3O4. The van der Waals surface area contributed by atoms with E-state index in [9.17, 15) is 14.4 Å². The first-order valence-corrected chi connectivity index (χ1v) is 12.2. The highest BCUT2D eigenvalue weighted by atomic mass is 16.5. The molecule has 0 aliphatic carbocycles. The topological polar surface area (TPSA) is 87.7 Å². The Balaban J connectivity index is 1.45. The molecule has 3 aromatic rings. The summed E-state index contributed by atoms with van der Waals surface area (Å²) >= 11 is 0. The maximum atomic E-state index is 13.3. The van der Waals surface area contributed by atoms with Crippen LogP contribution in [0.25, 0.3) is 0 Å². The van der Waals surface area contributed by atoms with Crippen LogP contribution in [0, 0.1) is 5.92 Å². The number of likely N-dealkylation sites (tertiary alicyclic amines) is 1. The van der Waals surface area contributed by atoms with Crippen LogP contribution in [-0.2, 0) is 11.3 Å². The van der Waals surface area contributed by atoms with Gasteiger partial charge in [-0.15, -0.1) is 0 Å². The average molecular weight is 486 g/mol. The summed E-state index contributed by atoms with van der Waals surface area (Å²) in [5.41, 5.74) is 2.01. The van der Waals surface area contributed by atoms with Crippen molar-refractivity contribution in [1.82, 2.24) is 15.5 Å². The zero-order valence-corrected chi connectivity index (χ0v) is 20.4. The predicted octanol–water partition coefficient (Wildman–Crippen LogP) is 3.66. The van der Waals surface area contributed by atoms with Crippen molar-refractivity contribution in [2.75, 3.05) is 20.2 Å². The van der Waals surface area contributed by atoms with Gasteiger partial charge in [0.15, 0.2) is 0 Å². The molecule has 1 saturated heterocycles. The molecule has 0 bridgehead atoms. The second kappa shape index (κ2) is 12.0. The van der Waals surface area contributed by atoms with E-state index < -0.39 is 6.04 Å². The van der Waals surface area contributed by atoms with Gasteiger partial charge < -0.3 is 20.3 Å². The summed E-state index contributed by atoms with van der Waals surface area (Å²) in [4.78, 5) is 41.1. The highest BCUT2D eigenvalue weighted by molar-refractivity contribution is 5.98. The molecule has 7 nitrogen and oxygen atoms in total. The van der Waals surface area contributed by atoms with E-state index in [2.05, 4.69) is 10.6 Å². The molecular weight excluding hydrogens is 454 g/mol. The first-order chi connectivity index (χ1) is 17.6. The zero-order valence-electron chi connectivity index (χ0n) is 20.4.